The molecule has 4 aromatic rings. The molecule has 1 saturated heterocycles. The van der Waals surface area contributed by atoms with E-state index in [9.17, 15) is 9.59 Å². The molecule has 2 aromatic carbocycles. The van der Waals surface area contributed by atoms with Crippen molar-refractivity contribution in [2.45, 2.75) is 31.6 Å². The molecule has 2 aromatic heterocycles. The number of anilines is 1. The summed E-state index contributed by atoms with van der Waals surface area (Å²) in [5.74, 6) is 0.214. The number of carbonyl (C=O) groups excluding carboxylic acids is 2. The number of nitrogens with one attached hydrogen (secondary N) is 1. The predicted molar refractivity (Wildman–Crippen MR) is 132 cm³/mol. The number of carbonyl (C=O) groups is 2. The molecule has 0 bridgehead atoms. The quantitative estimate of drug-likeness (QED) is 0.294. The van der Waals surface area contributed by atoms with Crippen molar-refractivity contribution in [3.05, 3.63) is 97.1 Å². The monoisotopic (exact) mass is 467 g/mol. The molecular formula is C27H25N5O3. The van der Waals surface area contributed by atoms with Crippen LogP contribution in [0.4, 0.5) is 5.82 Å². The molecule has 5 rings (SSSR count). The second kappa shape index (κ2) is 9.99. The first kappa shape index (κ1) is 22.6. The van der Waals surface area contributed by atoms with Crippen LogP contribution in [0.1, 0.15) is 46.2 Å². The smallest absolute Gasteiger partial charge is 0.256 e. The number of rotatable bonds is 8. The lowest BCUT2D eigenvalue weighted by molar-refractivity contribution is -0.0107. The van der Waals surface area contributed by atoms with E-state index >= 15 is 0 Å². The van der Waals surface area contributed by atoms with Crippen molar-refractivity contribution in [2.75, 3.05) is 5.32 Å². The molecule has 1 fully saturated rings. The summed E-state index contributed by atoms with van der Waals surface area (Å²) in [5, 5.41) is 2.83. The van der Waals surface area contributed by atoms with Crippen molar-refractivity contribution in [3.63, 3.8) is 0 Å². The third-order valence-corrected chi connectivity index (χ3v) is 6.18. The Labute approximate surface area is 202 Å². The van der Waals surface area contributed by atoms with Gasteiger partial charge in [0.15, 0.2) is 22.8 Å². The van der Waals surface area contributed by atoms with E-state index in [2.05, 4.69) is 26.8 Å². The third-order valence-electron chi connectivity index (χ3n) is 6.18. The van der Waals surface area contributed by atoms with Crippen LogP contribution in [0.3, 0.4) is 0 Å². The fourth-order valence-electron chi connectivity index (χ4n) is 4.52. The van der Waals surface area contributed by atoms with Crippen molar-refractivity contribution in [2.24, 2.45) is 5.92 Å². The molecule has 0 spiro atoms. The highest BCUT2D eigenvalue weighted by atomic mass is 16.5. The van der Waals surface area contributed by atoms with Crippen molar-refractivity contribution in [3.8, 4) is 0 Å². The Morgan fingerprint density at radius 2 is 1.74 bits per heavy atom. The Balaban J connectivity index is 1.38. The second-order valence-corrected chi connectivity index (χ2v) is 8.53. The van der Waals surface area contributed by atoms with Gasteiger partial charge in [-0.15, -0.1) is 6.58 Å². The van der Waals surface area contributed by atoms with Crippen molar-refractivity contribution >= 4 is 28.7 Å². The molecule has 1 N–H and O–H groups in total. The van der Waals surface area contributed by atoms with Crippen LogP contribution in [0.2, 0.25) is 0 Å². The molecule has 0 radical (unpaired) electrons. The maximum Gasteiger partial charge on any atom is 0.256 e. The molecule has 3 heterocycles. The molecule has 3 atom stereocenters. The number of amides is 1. The number of fused-ring (bicyclic) bond motifs is 1. The van der Waals surface area contributed by atoms with E-state index in [-0.39, 0.29) is 29.9 Å². The van der Waals surface area contributed by atoms with E-state index < -0.39 is 0 Å². The summed E-state index contributed by atoms with van der Waals surface area (Å²) in [7, 11) is 0. The maximum absolute atomic E-state index is 12.8. The Morgan fingerprint density at radius 3 is 2.46 bits per heavy atom. The lowest BCUT2D eigenvalue weighted by atomic mass is 9.96. The van der Waals surface area contributed by atoms with Crippen LogP contribution in [-0.4, -0.2) is 37.3 Å². The van der Waals surface area contributed by atoms with Gasteiger partial charge in [0.25, 0.3) is 5.91 Å². The zero-order valence-corrected chi connectivity index (χ0v) is 19.1. The van der Waals surface area contributed by atoms with Gasteiger partial charge in [-0.1, -0.05) is 54.6 Å². The number of ether oxygens (including phenoxy) is 1. The molecule has 3 unspecified atom stereocenters. The number of ketones is 1. The zero-order valence-electron chi connectivity index (χ0n) is 19.1. The van der Waals surface area contributed by atoms with E-state index in [0.717, 1.165) is 12.8 Å². The number of benzene rings is 2. The first-order valence-electron chi connectivity index (χ1n) is 11.5. The topological polar surface area (TPSA) is 99.0 Å². The van der Waals surface area contributed by atoms with Gasteiger partial charge in [0.2, 0.25) is 0 Å². The first-order valence-corrected chi connectivity index (χ1v) is 11.5. The van der Waals surface area contributed by atoms with Gasteiger partial charge in [0.05, 0.1) is 12.4 Å². The molecular weight excluding hydrogens is 442 g/mol. The Morgan fingerprint density at radius 1 is 1.03 bits per heavy atom. The molecule has 8 heteroatoms. The second-order valence-electron chi connectivity index (χ2n) is 8.53. The van der Waals surface area contributed by atoms with Crippen LogP contribution in [0.15, 0.2) is 86.0 Å². The Kier molecular flexibility index (Phi) is 6.45. The van der Waals surface area contributed by atoms with Gasteiger partial charge >= 0.3 is 0 Å². The third kappa shape index (κ3) is 4.74. The van der Waals surface area contributed by atoms with Crippen LogP contribution >= 0.6 is 0 Å². The van der Waals surface area contributed by atoms with Gasteiger partial charge < -0.3 is 10.1 Å². The van der Waals surface area contributed by atoms with E-state index in [0.29, 0.717) is 34.5 Å². The summed E-state index contributed by atoms with van der Waals surface area (Å²) in [5.41, 5.74) is 2.23. The highest BCUT2D eigenvalue weighted by Gasteiger charge is 2.37. The lowest BCUT2D eigenvalue weighted by Gasteiger charge is -2.19. The summed E-state index contributed by atoms with van der Waals surface area (Å²) in [4.78, 5) is 38.5. The number of nitrogens with zero attached hydrogens (tertiary/aromatic N) is 4. The van der Waals surface area contributed by atoms with Crippen LogP contribution in [0.25, 0.3) is 11.2 Å². The maximum atomic E-state index is 12.8. The number of Topliss-reactive ketones (excluding diaryl/α,β-unsaturated/α-hetero) is 1. The average molecular weight is 468 g/mol. The first-order chi connectivity index (χ1) is 17.1. The normalized spacial score (nSPS) is 19.5. The summed E-state index contributed by atoms with van der Waals surface area (Å²) >= 11 is 0. The summed E-state index contributed by atoms with van der Waals surface area (Å²) in [6.45, 7) is 3.89. The summed E-state index contributed by atoms with van der Waals surface area (Å²) < 4.78 is 8.23. The van der Waals surface area contributed by atoms with Crippen molar-refractivity contribution in [1.82, 2.24) is 19.5 Å². The van der Waals surface area contributed by atoms with E-state index in [1.54, 1.807) is 30.6 Å². The average Bonchev–Trinajstić information content (AvgIpc) is 3.49. The predicted octanol–water partition coefficient (Wildman–Crippen LogP) is 4.83. The Bertz CT molecular complexity index is 1350. The molecule has 35 heavy (non-hydrogen) atoms. The van der Waals surface area contributed by atoms with Gasteiger partial charge in [-0.05, 0) is 25.0 Å². The van der Waals surface area contributed by atoms with Gasteiger partial charge in [-0.2, -0.15) is 0 Å². The molecule has 1 amide bonds. The van der Waals surface area contributed by atoms with Crippen molar-refractivity contribution < 1.29 is 14.3 Å². The van der Waals surface area contributed by atoms with E-state index in [1.165, 1.54) is 6.33 Å². The van der Waals surface area contributed by atoms with Crippen LogP contribution in [0, 0.1) is 5.92 Å². The van der Waals surface area contributed by atoms with Crippen molar-refractivity contribution in [1.29, 1.82) is 0 Å². The molecule has 8 nitrogen and oxygen atoms in total. The minimum atomic E-state index is -0.362. The minimum absolute atomic E-state index is 0.0531. The summed E-state index contributed by atoms with van der Waals surface area (Å²) in [6.07, 6.45) is 6.07. The minimum Gasteiger partial charge on any atom is -0.354 e. The van der Waals surface area contributed by atoms with Gasteiger partial charge in [-0.25, -0.2) is 15.0 Å². The van der Waals surface area contributed by atoms with Crippen LogP contribution in [0.5, 0.6) is 0 Å². The number of aromatic nitrogens is 4. The highest BCUT2D eigenvalue weighted by molar-refractivity contribution is 6.06. The molecule has 0 saturated carbocycles. The fraction of sp³-hybridized carbons (Fsp3) is 0.222. The van der Waals surface area contributed by atoms with Crippen LogP contribution in [-0.2, 0) is 4.74 Å². The van der Waals surface area contributed by atoms with Gasteiger partial charge in [0, 0.05) is 23.5 Å². The summed E-state index contributed by atoms with van der Waals surface area (Å²) in [6, 6.07) is 18.2. The van der Waals surface area contributed by atoms with Gasteiger partial charge in [-0.3, -0.25) is 14.2 Å². The number of allylic oxidation sites excluding steroid dienone is 1. The zero-order chi connectivity index (χ0) is 24.2. The fourth-order valence-corrected chi connectivity index (χ4v) is 4.52. The largest absolute Gasteiger partial charge is 0.354 e. The standard InChI is InChI=1S/C27H25N5O3/c1-2-9-20-14-21(15-22(33)18-10-5-3-6-11-18)35-27(20)32-17-30-23-24(28-16-29-25(23)32)31-26(34)19-12-7-4-8-13-19/h2-8,10-13,16-17,20-21,27H,1,9,14-15H2,(H,28,29,31,34). The molecule has 0 aliphatic carbocycles. The Hall–Kier alpha value is -4.17. The van der Waals surface area contributed by atoms with Gasteiger partial charge in [0.1, 0.15) is 12.6 Å². The molecule has 176 valence electrons. The van der Waals surface area contributed by atoms with E-state index in [1.807, 2.05) is 47.0 Å². The molecule has 1 aliphatic rings. The SMILES string of the molecule is C=CCC1CC(CC(=O)c2ccccc2)OC1n1cnc2c(NC(=O)c3ccccc3)ncnc21. The highest BCUT2D eigenvalue weighted by Crippen LogP contribution is 2.40. The van der Waals surface area contributed by atoms with Crippen LogP contribution < -0.4 is 5.32 Å². The molecule has 1 aliphatic heterocycles. The number of hydrogen-bond donors (Lipinski definition) is 1. The number of imidazole rings is 1. The van der Waals surface area contributed by atoms with E-state index in [4.69, 9.17) is 4.74 Å². The number of hydrogen-bond acceptors (Lipinski definition) is 6. The lowest BCUT2D eigenvalue weighted by Crippen LogP contribution is -2.17.